The lowest BCUT2D eigenvalue weighted by Gasteiger charge is -2.47. The Kier molecular flexibility index (Phi) is 5.53. The second-order valence-electron chi connectivity index (χ2n) is 7.64. The Morgan fingerprint density at radius 2 is 2.15 bits per heavy atom. The molecule has 2 aliphatic rings. The van der Waals surface area contributed by atoms with Crippen LogP contribution in [0.4, 0.5) is 5.69 Å². The second kappa shape index (κ2) is 7.56. The maximum Gasteiger partial charge on any atom is 0.325 e. The first kappa shape index (κ1) is 19.8. The van der Waals surface area contributed by atoms with Crippen molar-refractivity contribution in [2.75, 3.05) is 25.1 Å². The molecule has 0 bridgehead atoms. The second-order valence-corrected chi connectivity index (χ2v) is 8.01. The molecule has 0 saturated carbocycles. The normalized spacial score (nSPS) is 24.1. The summed E-state index contributed by atoms with van der Waals surface area (Å²) in [6.45, 7) is 8.97. The van der Waals surface area contributed by atoms with E-state index >= 15 is 0 Å². The van der Waals surface area contributed by atoms with Crippen LogP contribution in [0.2, 0.25) is 0 Å². The molecule has 6 nitrogen and oxygen atoms in total. The van der Waals surface area contributed by atoms with Crippen molar-refractivity contribution in [2.24, 2.45) is 4.99 Å². The molecule has 0 unspecified atom stereocenters. The van der Waals surface area contributed by atoms with Gasteiger partial charge in [-0.3, -0.25) is 4.79 Å². The van der Waals surface area contributed by atoms with Crippen molar-refractivity contribution in [3.63, 3.8) is 0 Å². The van der Waals surface area contributed by atoms with E-state index in [1.165, 1.54) is 0 Å². The highest BCUT2D eigenvalue weighted by Gasteiger charge is 2.53. The summed E-state index contributed by atoms with van der Waals surface area (Å²) < 4.78 is 11.1. The van der Waals surface area contributed by atoms with Crippen molar-refractivity contribution in [2.45, 2.75) is 51.7 Å². The molecule has 7 heteroatoms. The highest BCUT2D eigenvalue weighted by Crippen LogP contribution is 2.41. The number of amidine groups is 1. The molecule has 0 aromatic heterocycles. The third-order valence-electron chi connectivity index (χ3n) is 5.11. The summed E-state index contributed by atoms with van der Waals surface area (Å²) in [6, 6.07) is 8.06. The Labute approximate surface area is 165 Å². The van der Waals surface area contributed by atoms with Crippen molar-refractivity contribution in [1.29, 1.82) is 0 Å². The minimum absolute atomic E-state index is 0.0885. The zero-order valence-electron chi connectivity index (χ0n) is 16.4. The molecule has 1 saturated heterocycles. The fourth-order valence-corrected chi connectivity index (χ4v) is 4.21. The van der Waals surface area contributed by atoms with Gasteiger partial charge in [0.1, 0.15) is 17.9 Å². The summed E-state index contributed by atoms with van der Waals surface area (Å²) in [4.78, 5) is 18.8. The highest BCUT2D eigenvalue weighted by atomic mass is 32.1. The summed E-state index contributed by atoms with van der Waals surface area (Å²) in [7, 11) is 0. The number of aliphatic imine (C=N–C) groups is 1. The van der Waals surface area contributed by atoms with E-state index in [-0.39, 0.29) is 18.1 Å². The number of rotatable bonds is 4. The van der Waals surface area contributed by atoms with Gasteiger partial charge in [0.25, 0.3) is 0 Å². The molecule has 0 amide bonds. The molecule has 27 heavy (non-hydrogen) atoms. The lowest BCUT2D eigenvalue weighted by atomic mass is 9.79. The molecule has 2 aliphatic heterocycles. The Bertz CT molecular complexity index is 777. The molecule has 2 heterocycles. The summed E-state index contributed by atoms with van der Waals surface area (Å²) in [6.07, 6.45) is 1.38. The average molecular weight is 390 g/mol. The SMILES string of the molecule is CCOC(=O)CN1C(=S)N=C(Nc2ccccc2C)[C@]12CCOC(C)(C)C2. The fraction of sp³-hybridized carbons (Fsp3) is 0.550. The van der Waals surface area contributed by atoms with Crippen LogP contribution in [-0.4, -0.2) is 52.7 Å². The van der Waals surface area contributed by atoms with E-state index in [9.17, 15) is 4.79 Å². The smallest absolute Gasteiger partial charge is 0.325 e. The maximum absolute atomic E-state index is 12.2. The largest absolute Gasteiger partial charge is 0.465 e. The van der Waals surface area contributed by atoms with Crippen LogP contribution in [0.15, 0.2) is 29.3 Å². The van der Waals surface area contributed by atoms with Gasteiger partial charge in [0.2, 0.25) is 0 Å². The monoisotopic (exact) mass is 389 g/mol. The van der Waals surface area contributed by atoms with Crippen molar-refractivity contribution >= 4 is 34.8 Å². The molecule has 1 aromatic rings. The first-order chi connectivity index (χ1) is 12.8. The van der Waals surface area contributed by atoms with Crippen LogP contribution in [0.3, 0.4) is 0 Å². The molecule has 0 aliphatic carbocycles. The standard InChI is InChI=1S/C20H27N3O3S/c1-5-25-16(24)12-23-18(27)22-17(21-15-9-7-6-8-14(15)2)20(23)10-11-26-19(3,4)13-20/h6-9H,5,10-13H2,1-4H3,(H,21,22,27)/t20-/m1/s1. The van der Waals surface area contributed by atoms with Crippen LogP contribution in [0.1, 0.15) is 39.2 Å². The first-order valence-electron chi connectivity index (χ1n) is 9.30. The number of esters is 1. The van der Waals surface area contributed by atoms with Gasteiger partial charge in [-0.25, -0.2) is 4.99 Å². The minimum atomic E-state index is -0.506. The summed E-state index contributed by atoms with van der Waals surface area (Å²) in [5.41, 5.74) is 1.25. The number of thiocarbonyl (C=S) groups is 1. The zero-order chi connectivity index (χ0) is 19.7. The Balaban J connectivity index is 1.96. The van der Waals surface area contributed by atoms with Gasteiger partial charge >= 0.3 is 5.97 Å². The van der Waals surface area contributed by atoms with Crippen LogP contribution in [0.25, 0.3) is 0 Å². The molecule has 1 N–H and O–H groups in total. The van der Waals surface area contributed by atoms with Crippen molar-refractivity contribution in [1.82, 2.24) is 4.90 Å². The third-order valence-corrected chi connectivity index (χ3v) is 5.42. The Morgan fingerprint density at radius 1 is 1.41 bits per heavy atom. The number of nitrogens with zero attached hydrogens (tertiary/aromatic N) is 2. The van der Waals surface area contributed by atoms with Crippen molar-refractivity contribution < 1.29 is 14.3 Å². The number of carbonyl (C=O) groups is 1. The number of para-hydroxylation sites is 1. The molecule has 0 radical (unpaired) electrons. The number of benzene rings is 1. The Hall–Kier alpha value is -1.99. The predicted molar refractivity (Wildman–Crippen MR) is 110 cm³/mol. The van der Waals surface area contributed by atoms with Gasteiger partial charge in [-0.15, -0.1) is 0 Å². The van der Waals surface area contributed by atoms with E-state index in [1.54, 1.807) is 6.92 Å². The zero-order valence-corrected chi connectivity index (χ0v) is 17.2. The number of aryl methyl sites for hydroxylation is 1. The lowest BCUT2D eigenvalue weighted by molar-refractivity contribution is -0.146. The Morgan fingerprint density at radius 3 is 2.81 bits per heavy atom. The number of ether oxygens (including phenoxy) is 2. The minimum Gasteiger partial charge on any atom is -0.465 e. The van der Waals surface area contributed by atoms with Gasteiger partial charge in [0, 0.05) is 25.1 Å². The van der Waals surface area contributed by atoms with Crippen LogP contribution in [-0.2, 0) is 14.3 Å². The van der Waals surface area contributed by atoms with E-state index in [0.717, 1.165) is 17.1 Å². The van der Waals surface area contributed by atoms with Gasteiger partial charge < -0.3 is 19.7 Å². The topological polar surface area (TPSA) is 63.2 Å². The first-order valence-corrected chi connectivity index (χ1v) is 9.71. The third kappa shape index (κ3) is 3.99. The fourth-order valence-electron chi connectivity index (χ4n) is 3.88. The van der Waals surface area contributed by atoms with Gasteiger partial charge in [-0.2, -0.15) is 0 Å². The van der Waals surface area contributed by atoms with Crippen LogP contribution in [0, 0.1) is 6.92 Å². The van der Waals surface area contributed by atoms with E-state index in [0.29, 0.717) is 31.2 Å². The number of hydrogen-bond donors (Lipinski definition) is 1. The number of hydrogen-bond acceptors (Lipinski definition) is 5. The molecular formula is C20H27N3O3S. The summed E-state index contributed by atoms with van der Waals surface area (Å²) >= 11 is 5.55. The summed E-state index contributed by atoms with van der Waals surface area (Å²) in [5, 5.41) is 3.90. The molecule has 3 rings (SSSR count). The molecule has 1 fully saturated rings. The number of nitrogens with one attached hydrogen (secondary N) is 1. The molecular weight excluding hydrogens is 362 g/mol. The predicted octanol–water partition coefficient (Wildman–Crippen LogP) is 3.30. The molecule has 146 valence electrons. The molecule has 1 aromatic carbocycles. The average Bonchev–Trinajstić information content (AvgIpc) is 2.81. The lowest BCUT2D eigenvalue weighted by Crippen LogP contribution is -2.61. The van der Waals surface area contributed by atoms with E-state index in [2.05, 4.69) is 24.2 Å². The van der Waals surface area contributed by atoms with E-state index in [1.807, 2.05) is 36.1 Å². The van der Waals surface area contributed by atoms with Gasteiger partial charge in [-0.1, -0.05) is 18.2 Å². The van der Waals surface area contributed by atoms with Crippen LogP contribution in [0.5, 0.6) is 0 Å². The van der Waals surface area contributed by atoms with Crippen molar-refractivity contribution in [3.05, 3.63) is 29.8 Å². The maximum atomic E-state index is 12.2. The van der Waals surface area contributed by atoms with E-state index in [4.69, 9.17) is 21.7 Å². The number of anilines is 1. The quantitative estimate of drug-likeness (QED) is 0.630. The molecule has 1 atom stereocenters. The van der Waals surface area contributed by atoms with Gasteiger partial charge in [-0.05, 0) is 51.5 Å². The van der Waals surface area contributed by atoms with Gasteiger partial charge in [0.05, 0.1) is 12.2 Å². The summed E-state index contributed by atoms with van der Waals surface area (Å²) in [5.74, 6) is 0.485. The van der Waals surface area contributed by atoms with Crippen LogP contribution < -0.4 is 5.32 Å². The molecule has 1 spiro atoms. The van der Waals surface area contributed by atoms with Crippen LogP contribution >= 0.6 is 12.2 Å². The van der Waals surface area contributed by atoms with Crippen molar-refractivity contribution in [3.8, 4) is 0 Å². The highest BCUT2D eigenvalue weighted by molar-refractivity contribution is 7.80. The number of carbonyl (C=O) groups excluding carboxylic acids is 1. The van der Waals surface area contributed by atoms with Gasteiger partial charge in [0.15, 0.2) is 5.11 Å². The van der Waals surface area contributed by atoms with E-state index < -0.39 is 5.54 Å².